The minimum Gasteiger partial charge on any atom is -0.480 e. The van der Waals surface area contributed by atoms with Crippen LogP contribution in [-0.4, -0.2) is 143 Å². The quantitative estimate of drug-likeness (QED) is 0.0174. The van der Waals surface area contributed by atoms with Crippen LogP contribution in [0.1, 0.15) is 79.1 Å². The van der Waals surface area contributed by atoms with E-state index in [-0.39, 0.29) is 68.6 Å². The van der Waals surface area contributed by atoms with Gasteiger partial charge in [-0.25, -0.2) is 4.79 Å². The predicted molar refractivity (Wildman–Crippen MR) is 223 cm³/mol. The minimum absolute atomic E-state index is 0.0440. The molecule has 23 heteroatoms. The number of carbonyl (C=O) groups is 8. The summed E-state index contributed by atoms with van der Waals surface area (Å²) in [7, 11) is 0. The van der Waals surface area contributed by atoms with Crippen molar-refractivity contribution in [1.29, 1.82) is 0 Å². The van der Waals surface area contributed by atoms with E-state index in [1.165, 1.54) is 18.7 Å². The Hall–Kier alpha value is -4.35. The normalized spacial score (nSPS) is 17.3. The number of nitrogens with two attached hydrogens (primary N) is 4. The molecule has 58 heavy (non-hydrogen) atoms. The summed E-state index contributed by atoms with van der Waals surface area (Å²) in [6.45, 7) is 7.09. The summed E-state index contributed by atoms with van der Waals surface area (Å²) in [5.74, 6) is -6.30. The third kappa shape index (κ3) is 18.1. The Kier molecular flexibility index (Phi) is 23.7. The van der Waals surface area contributed by atoms with Gasteiger partial charge in [-0.05, 0) is 77.7 Å². The Morgan fingerprint density at radius 2 is 1.28 bits per heavy atom. The molecule has 1 heterocycles. The van der Waals surface area contributed by atoms with E-state index in [0.29, 0.717) is 25.8 Å². The smallest absolute Gasteiger partial charge is 0.327 e. The van der Waals surface area contributed by atoms with Crippen molar-refractivity contribution in [3.05, 3.63) is 0 Å². The molecule has 7 amide bonds. The molecule has 0 aromatic carbocycles. The van der Waals surface area contributed by atoms with E-state index >= 15 is 0 Å². The maximum absolute atomic E-state index is 14.1. The molecule has 1 rings (SSSR count). The molecular weight excluding hydrogens is 797 g/mol. The van der Waals surface area contributed by atoms with Crippen LogP contribution >= 0.6 is 25.3 Å². The molecule has 0 aliphatic carbocycles. The zero-order valence-corrected chi connectivity index (χ0v) is 35.5. The number of unbranched alkanes of at least 4 members (excludes halogenated alkanes) is 1. The lowest BCUT2D eigenvalue weighted by Crippen LogP contribution is -2.59. The van der Waals surface area contributed by atoms with E-state index in [9.17, 15) is 43.5 Å². The van der Waals surface area contributed by atoms with Gasteiger partial charge < -0.3 is 64.8 Å². The average molecular weight is 861 g/mol. The summed E-state index contributed by atoms with van der Waals surface area (Å²) in [5, 5.41) is 24.7. The number of carboxylic acids is 1. The van der Waals surface area contributed by atoms with Crippen LogP contribution in [0.2, 0.25) is 0 Å². The van der Waals surface area contributed by atoms with Crippen molar-refractivity contribution in [2.24, 2.45) is 33.8 Å². The van der Waals surface area contributed by atoms with Crippen LogP contribution in [0.4, 0.5) is 0 Å². The standard InChI is InChI=1S/C35H64N12O9S2/c1-18(2)15-24(31(52)42-20(4)28(49)46-25(17-58)34(55)56)45-30(51)22(9-5-6-12-36)43-32(53)26-11-8-14-47(26)33(54)23(10-7-13-40-35(38)39)44-27(48)19(3)41-29(50)21(37)16-57/h18-26,57-58H,5-17,36-37H2,1-4H3,(H,41,50)(H,42,52)(H,43,53)(H,44,48)(H,45,51)(H,46,49)(H,55,56)(H4,38,39,40)/t19-,20-,21-,22-,23-,24-,25-,26-/m0/s1. The van der Waals surface area contributed by atoms with Crippen molar-refractivity contribution in [1.82, 2.24) is 36.8 Å². The number of hydrogen-bond donors (Lipinski definition) is 13. The van der Waals surface area contributed by atoms with Gasteiger partial charge in [0.2, 0.25) is 41.4 Å². The van der Waals surface area contributed by atoms with Crippen molar-refractivity contribution in [3.8, 4) is 0 Å². The van der Waals surface area contributed by atoms with Gasteiger partial charge in [0.15, 0.2) is 5.96 Å². The monoisotopic (exact) mass is 860 g/mol. The van der Waals surface area contributed by atoms with E-state index in [0.717, 1.165) is 0 Å². The molecule has 0 radical (unpaired) electrons. The summed E-state index contributed by atoms with van der Waals surface area (Å²) < 4.78 is 0. The van der Waals surface area contributed by atoms with E-state index in [2.05, 4.69) is 62.2 Å². The molecule has 0 spiro atoms. The molecule has 0 saturated carbocycles. The lowest BCUT2D eigenvalue weighted by molar-refractivity contribution is -0.142. The summed E-state index contributed by atoms with van der Waals surface area (Å²) in [6, 6.07) is -8.90. The van der Waals surface area contributed by atoms with Gasteiger partial charge in [0.05, 0.1) is 6.04 Å². The van der Waals surface area contributed by atoms with Gasteiger partial charge in [-0.3, -0.25) is 38.6 Å². The van der Waals surface area contributed by atoms with E-state index in [1.54, 1.807) is 0 Å². The number of likely N-dealkylation sites (tertiary alicyclic amines) is 1. The first-order valence-electron chi connectivity index (χ1n) is 19.4. The van der Waals surface area contributed by atoms with Gasteiger partial charge in [-0.15, -0.1) is 0 Å². The molecule has 15 N–H and O–H groups in total. The Labute approximate surface area is 350 Å². The zero-order chi connectivity index (χ0) is 44.1. The molecule has 0 unspecified atom stereocenters. The number of hydrogen-bond acceptors (Lipinski definition) is 13. The van der Waals surface area contributed by atoms with Gasteiger partial charge >= 0.3 is 5.97 Å². The fourth-order valence-electron chi connectivity index (χ4n) is 5.90. The van der Waals surface area contributed by atoms with E-state index < -0.39 is 95.7 Å². The largest absolute Gasteiger partial charge is 0.480 e. The number of amides is 7. The van der Waals surface area contributed by atoms with Crippen LogP contribution in [0.3, 0.4) is 0 Å². The molecule has 1 aliphatic rings. The second-order valence-corrected chi connectivity index (χ2v) is 15.3. The summed E-state index contributed by atoms with van der Waals surface area (Å²) in [4.78, 5) is 110. The number of thiol groups is 2. The van der Waals surface area contributed by atoms with E-state index in [4.69, 9.17) is 22.9 Å². The molecular formula is C35H64N12O9S2. The van der Waals surface area contributed by atoms with Crippen molar-refractivity contribution < 1.29 is 43.5 Å². The first-order valence-corrected chi connectivity index (χ1v) is 20.6. The highest BCUT2D eigenvalue weighted by atomic mass is 32.1. The van der Waals surface area contributed by atoms with Gasteiger partial charge in [0, 0.05) is 24.6 Å². The summed E-state index contributed by atoms with van der Waals surface area (Å²) >= 11 is 7.93. The first kappa shape index (κ1) is 51.7. The fraction of sp³-hybridized carbons (Fsp3) is 0.743. The molecule has 330 valence electrons. The van der Waals surface area contributed by atoms with Crippen LogP contribution in [0.15, 0.2) is 4.99 Å². The molecule has 0 bridgehead atoms. The third-order valence-electron chi connectivity index (χ3n) is 9.15. The van der Waals surface area contributed by atoms with Crippen LogP contribution in [0.5, 0.6) is 0 Å². The fourth-order valence-corrected chi connectivity index (χ4v) is 6.31. The number of carboxylic acid groups (broad SMARTS) is 1. The Morgan fingerprint density at radius 3 is 1.81 bits per heavy atom. The highest BCUT2D eigenvalue weighted by molar-refractivity contribution is 7.80. The second kappa shape index (κ2) is 26.6. The number of rotatable bonds is 26. The number of aliphatic carboxylic acids is 1. The van der Waals surface area contributed by atoms with Crippen molar-refractivity contribution in [2.45, 2.75) is 127 Å². The maximum atomic E-state index is 14.1. The molecule has 1 fully saturated rings. The second-order valence-electron chi connectivity index (χ2n) is 14.6. The predicted octanol–water partition coefficient (Wildman–Crippen LogP) is -3.57. The van der Waals surface area contributed by atoms with Crippen molar-refractivity contribution >= 4 is 78.5 Å². The molecule has 0 aromatic heterocycles. The first-order chi connectivity index (χ1) is 27.3. The topological polar surface area (TPSA) is 349 Å². The van der Waals surface area contributed by atoms with E-state index in [1.807, 2.05) is 13.8 Å². The Morgan fingerprint density at radius 1 is 0.724 bits per heavy atom. The van der Waals surface area contributed by atoms with Gasteiger partial charge in [0.1, 0.15) is 42.3 Å². The maximum Gasteiger partial charge on any atom is 0.327 e. The van der Waals surface area contributed by atoms with Crippen LogP contribution < -0.4 is 54.8 Å². The average Bonchev–Trinajstić information content (AvgIpc) is 3.66. The van der Waals surface area contributed by atoms with Crippen LogP contribution in [0.25, 0.3) is 0 Å². The van der Waals surface area contributed by atoms with Gasteiger partial charge in [-0.1, -0.05) is 13.8 Å². The van der Waals surface area contributed by atoms with Crippen molar-refractivity contribution in [2.75, 3.05) is 31.1 Å². The molecule has 1 saturated heterocycles. The van der Waals surface area contributed by atoms with Crippen LogP contribution in [-0.2, 0) is 38.4 Å². The number of nitrogens with one attached hydrogen (secondary N) is 6. The minimum atomic E-state index is -1.30. The SMILES string of the molecule is CC(C)C[C@H](NC(=O)[C@H](CCCCN)NC(=O)[C@@H]1CCCN1C(=O)[C@H](CCCN=C(N)N)NC(=O)[C@H](C)NC(=O)[C@@H](N)CS)C(=O)N[C@@H](C)C(=O)N[C@@H](CS)C(=O)O. The number of carbonyl (C=O) groups excluding carboxylic acids is 7. The number of guanidine groups is 1. The zero-order valence-electron chi connectivity index (χ0n) is 33.7. The summed E-state index contributed by atoms with van der Waals surface area (Å²) in [6.07, 6.45) is 2.34. The lowest BCUT2D eigenvalue weighted by atomic mass is 10.0. The van der Waals surface area contributed by atoms with Gasteiger partial charge in [0.25, 0.3) is 0 Å². The van der Waals surface area contributed by atoms with Crippen LogP contribution in [0, 0.1) is 5.92 Å². The molecule has 8 atom stereocenters. The highest BCUT2D eigenvalue weighted by Gasteiger charge is 2.39. The van der Waals surface area contributed by atoms with Gasteiger partial charge in [-0.2, -0.15) is 25.3 Å². The molecule has 0 aromatic rings. The molecule has 21 nitrogen and oxygen atoms in total. The Balaban J connectivity index is 3.25. The van der Waals surface area contributed by atoms with Crippen molar-refractivity contribution in [3.63, 3.8) is 0 Å². The lowest BCUT2D eigenvalue weighted by Gasteiger charge is -2.31. The highest BCUT2D eigenvalue weighted by Crippen LogP contribution is 2.21. The summed E-state index contributed by atoms with van der Waals surface area (Å²) in [5.41, 5.74) is 22.3. The third-order valence-corrected chi connectivity index (χ3v) is 9.91. The molecule has 1 aliphatic heterocycles. The Bertz CT molecular complexity index is 1450. The number of nitrogens with zero attached hydrogens (tertiary/aromatic N) is 2. The number of aliphatic imine (C=N–C) groups is 1.